The maximum Gasteiger partial charge on any atom is 0.125 e. The molecule has 0 bridgehead atoms. The zero-order valence-electron chi connectivity index (χ0n) is 12.7. The maximum atomic E-state index is 13.8. The molecular formula is C17H26FN3. The Labute approximate surface area is 126 Å². The standard InChI is InChI=1S/C17H26FN3/c18-15-10-14(4-6-19)11-17(12-15)21-9-5-16(13-21)20-7-2-1-3-8-20/h10-12,16H,1-9,13,19H2. The zero-order chi connectivity index (χ0) is 14.7. The first-order chi connectivity index (χ1) is 10.3. The van der Waals surface area contributed by atoms with E-state index in [9.17, 15) is 4.39 Å². The second kappa shape index (κ2) is 6.75. The summed E-state index contributed by atoms with van der Waals surface area (Å²) in [5, 5.41) is 0. The van der Waals surface area contributed by atoms with Gasteiger partial charge in [-0.3, -0.25) is 4.90 Å². The van der Waals surface area contributed by atoms with E-state index >= 15 is 0 Å². The minimum Gasteiger partial charge on any atom is -0.370 e. The number of nitrogens with zero attached hydrogens (tertiary/aromatic N) is 2. The van der Waals surface area contributed by atoms with Crippen LogP contribution in [0.25, 0.3) is 0 Å². The Bertz CT molecular complexity index is 471. The van der Waals surface area contributed by atoms with Crippen LogP contribution in [0.3, 0.4) is 0 Å². The van der Waals surface area contributed by atoms with Gasteiger partial charge in [-0.15, -0.1) is 0 Å². The first kappa shape index (κ1) is 14.8. The third-order valence-electron chi connectivity index (χ3n) is 4.81. The summed E-state index contributed by atoms with van der Waals surface area (Å²) in [4.78, 5) is 4.96. The fourth-order valence-electron chi connectivity index (χ4n) is 3.68. The molecule has 1 atom stereocenters. The molecule has 0 amide bonds. The van der Waals surface area contributed by atoms with Crippen LogP contribution in [0, 0.1) is 5.82 Å². The van der Waals surface area contributed by atoms with Gasteiger partial charge in [-0.05, 0) is 69.1 Å². The number of hydrogen-bond donors (Lipinski definition) is 1. The van der Waals surface area contributed by atoms with Crippen LogP contribution in [0.15, 0.2) is 18.2 Å². The van der Waals surface area contributed by atoms with E-state index in [1.807, 2.05) is 0 Å². The fourth-order valence-corrected chi connectivity index (χ4v) is 3.68. The highest BCUT2D eigenvalue weighted by Crippen LogP contribution is 2.26. The molecule has 116 valence electrons. The van der Waals surface area contributed by atoms with E-state index in [0.29, 0.717) is 12.6 Å². The van der Waals surface area contributed by atoms with E-state index in [4.69, 9.17) is 5.73 Å². The third-order valence-corrected chi connectivity index (χ3v) is 4.81. The molecule has 2 heterocycles. The largest absolute Gasteiger partial charge is 0.370 e. The average molecular weight is 291 g/mol. The van der Waals surface area contributed by atoms with Crippen LogP contribution >= 0.6 is 0 Å². The molecule has 4 heteroatoms. The maximum absolute atomic E-state index is 13.8. The van der Waals surface area contributed by atoms with Gasteiger partial charge in [-0.1, -0.05) is 6.42 Å². The van der Waals surface area contributed by atoms with Gasteiger partial charge < -0.3 is 10.6 Å². The van der Waals surface area contributed by atoms with E-state index in [2.05, 4.69) is 15.9 Å². The van der Waals surface area contributed by atoms with Crippen LogP contribution in [0.1, 0.15) is 31.2 Å². The summed E-state index contributed by atoms with van der Waals surface area (Å²) in [5.41, 5.74) is 7.63. The lowest BCUT2D eigenvalue weighted by Gasteiger charge is -2.32. The second-order valence-corrected chi connectivity index (χ2v) is 6.34. The monoisotopic (exact) mass is 291 g/mol. The summed E-state index contributed by atoms with van der Waals surface area (Å²) in [5.74, 6) is -0.141. The number of likely N-dealkylation sites (tertiary alicyclic amines) is 1. The highest BCUT2D eigenvalue weighted by molar-refractivity contribution is 5.50. The molecule has 0 saturated carbocycles. The minimum atomic E-state index is -0.141. The minimum absolute atomic E-state index is 0.141. The molecular weight excluding hydrogens is 265 g/mol. The van der Waals surface area contributed by atoms with E-state index in [1.54, 1.807) is 12.1 Å². The van der Waals surface area contributed by atoms with Crippen molar-refractivity contribution in [2.24, 2.45) is 5.73 Å². The van der Waals surface area contributed by atoms with Gasteiger partial charge in [0.05, 0.1) is 0 Å². The Morgan fingerprint density at radius 3 is 2.67 bits per heavy atom. The van der Waals surface area contributed by atoms with Crippen LogP contribution in [0.5, 0.6) is 0 Å². The van der Waals surface area contributed by atoms with Crippen molar-refractivity contribution in [2.75, 3.05) is 37.6 Å². The normalized spacial score (nSPS) is 23.7. The first-order valence-corrected chi connectivity index (χ1v) is 8.25. The number of benzene rings is 1. The number of halogens is 1. The first-order valence-electron chi connectivity index (χ1n) is 8.25. The molecule has 3 nitrogen and oxygen atoms in total. The molecule has 2 fully saturated rings. The molecule has 2 N–H and O–H groups in total. The topological polar surface area (TPSA) is 32.5 Å². The van der Waals surface area contributed by atoms with Gasteiger partial charge in [0.25, 0.3) is 0 Å². The number of anilines is 1. The van der Waals surface area contributed by atoms with Crippen LogP contribution in [0.2, 0.25) is 0 Å². The summed E-state index contributed by atoms with van der Waals surface area (Å²) in [7, 11) is 0. The lowest BCUT2D eigenvalue weighted by Crippen LogP contribution is -2.40. The van der Waals surface area contributed by atoms with Gasteiger partial charge in [0.1, 0.15) is 5.82 Å². The number of hydrogen-bond acceptors (Lipinski definition) is 3. The average Bonchev–Trinajstić information content (AvgIpc) is 2.98. The molecule has 0 spiro atoms. The van der Waals surface area contributed by atoms with Crippen molar-refractivity contribution in [3.63, 3.8) is 0 Å². The molecule has 1 aromatic carbocycles. The van der Waals surface area contributed by atoms with Crippen molar-refractivity contribution in [3.8, 4) is 0 Å². The van der Waals surface area contributed by atoms with Crippen molar-refractivity contribution in [1.82, 2.24) is 4.90 Å². The van der Waals surface area contributed by atoms with Gasteiger partial charge in [0, 0.05) is 24.8 Å². The Kier molecular flexibility index (Phi) is 4.76. The predicted molar refractivity (Wildman–Crippen MR) is 85.2 cm³/mol. The van der Waals surface area contributed by atoms with Gasteiger partial charge in [0.15, 0.2) is 0 Å². The van der Waals surface area contributed by atoms with Crippen molar-refractivity contribution in [1.29, 1.82) is 0 Å². The van der Waals surface area contributed by atoms with E-state index in [0.717, 1.165) is 30.8 Å². The molecule has 1 aromatic rings. The number of piperidine rings is 1. The zero-order valence-corrected chi connectivity index (χ0v) is 12.7. The van der Waals surface area contributed by atoms with E-state index in [1.165, 1.54) is 38.8 Å². The summed E-state index contributed by atoms with van der Waals surface area (Å²) in [6, 6.07) is 6.02. The van der Waals surface area contributed by atoms with Crippen LogP contribution in [0.4, 0.5) is 10.1 Å². The lowest BCUT2D eigenvalue weighted by atomic mass is 10.1. The Morgan fingerprint density at radius 2 is 1.90 bits per heavy atom. The van der Waals surface area contributed by atoms with E-state index < -0.39 is 0 Å². The van der Waals surface area contributed by atoms with Gasteiger partial charge >= 0.3 is 0 Å². The molecule has 2 aliphatic rings. The predicted octanol–water partition coefficient (Wildman–Crippen LogP) is 2.39. The second-order valence-electron chi connectivity index (χ2n) is 6.34. The Hall–Kier alpha value is -1.13. The summed E-state index contributed by atoms with van der Waals surface area (Å²) in [6.45, 7) is 5.11. The van der Waals surface area contributed by atoms with Crippen molar-refractivity contribution < 1.29 is 4.39 Å². The smallest absolute Gasteiger partial charge is 0.125 e. The van der Waals surface area contributed by atoms with Gasteiger partial charge in [0.2, 0.25) is 0 Å². The molecule has 2 saturated heterocycles. The summed E-state index contributed by atoms with van der Waals surface area (Å²) < 4.78 is 13.8. The Balaban J connectivity index is 1.67. The highest BCUT2D eigenvalue weighted by Gasteiger charge is 2.28. The third kappa shape index (κ3) is 3.55. The number of rotatable bonds is 4. The van der Waals surface area contributed by atoms with Crippen molar-refractivity contribution in [2.45, 2.75) is 38.1 Å². The van der Waals surface area contributed by atoms with Crippen LogP contribution < -0.4 is 10.6 Å². The van der Waals surface area contributed by atoms with Gasteiger partial charge in [-0.25, -0.2) is 4.39 Å². The molecule has 0 aliphatic carbocycles. The van der Waals surface area contributed by atoms with Crippen molar-refractivity contribution >= 4 is 5.69 Å². The molecule has 21 heavy (non-hydrogen) atoms. The van der Waals surface area contributed by atoms with Gasteiger partial charge in [-0.2, -0.15) is 0 Å². The molecule has 3 rings (SSSR count). The highest BCUT2D eigenvalue weighted by atomic mass is 19.1. The fraction of sp³-hybridized carbons (Fsp3) is 0.647. The quantitative estimate of drug-likeness (QED) is 0.924. The summed E-state index contributed by atoms with van der Waals surface area (Å²) in [6.07, 6.45) is 5.98. The summed E-state index contributed by atoms with van der Waals surface area (Å²) >= 11 is 0. The lowest BCUT2D eigenvalue weighted by molar-refractivity contribution is 0.175. The molecule has 0 radical (unpaired) electrons. The Morgan fingerprint density at radius 1 is 1.10 bits per heavy atom. The molecule has 0 aromatic heterocycles. The van der Waals surface area contributed by atoms with E-state index in [-0.39, 0.29) is 5.82 Å². The number of nitrogens with two attached hydrogens (primary N) is 1. The molecule has 1 unspecified atom stereocenters. The van der Waals surface area contributed by atoms with Crippen LogP contribution in [-0.2, 0) is 6.42 Å². The van der Waals surface area contributed by atoms with Crippen molar-refractivity contribution in [3.05, 3.63) is 29.6 Å². The SMILES string of the molecule is NCCc1cc(F)cc(N2CCC(N3CCCCC3)C2)c1. The molecule has 2 aliphatic heterocycles. The van der Waals surface area contributed by atoms with Crippen LogP contribution in [-0.4, -0.2) is 43.7 Å².